The lowest BCUT2D eigenvalue weighted by molar-refractivity contribution is -0.152. The molecule has 10 heteroatoms. The average molecular weight is 583 g/mol. The molecule has 3 aromatic rings. The molecule has 212 valence electrons. The Morgan fingerprint density at radius 3 is 2.27 bits per heavy atom. The van der Waals surface area contributed by atoms with Crippen molar-refractivity contribution in [3.8, 4) is 5.75 Å². The van der Waals surface area contributed by atoms with Gasteiger partial charge in [-0.25, -0.2) is 8.42 Å². The van der Waals surface area contributed by atoms with Crippen LogP contribution < -0.4 is 9.64 Å². The number of likely N-dealkylation sites (N-methyl/N-ethyl adjacent to an activating group) is 1. The Kier molecular flexibility index (Phi) is 9.55. The number of anilines is 1. The van der Waals surface area contributed by atoms with Crippen molar-refractivity contribution in [3.05, 3.63) is 84.4 Å². The van der Waals surface area contributed by atoms with Crippen molar-refractivity contribution < 1.29 is 27.5 Å². The van der Waals surface area contributed by atoms with Gasteiger partial charge in [-0.15, -0.1) is 11.8 Å². The number of sulfone groups is 1. The van der Waals surface area contributed by atoms with Gasteiger partial charge in [-0.05, 0) is 62.5 Å². The molecule has 0 saturated heterocycles. The Labute approximate surface area is 240 Å². The van der Waals surface area contributed by atoms with Crippen molar-refractivity contribution in [3.63, 3.8) is 0 Å². The Morgan fingerprint density at radius 1 is 1.00 bits per heavy atom. The molecule has 3 atom stereocenters. The van der Waals surface area contributed by atoms with E-state index in [0.29, 0.717) is 17.9 Å². The lowest BCUT2D eigenvalue weighted by Gasteiger charge is -2.33. The second-order valence-electron chi connectivity index (χ2n) is 9.80. The largest absolute Gasteiger partial charge is 0.497 e. The summed E-state index contributed by atoms with van der Waals surface area (Å²) in [6.07, 6.45) is -0.775. The van der Waals surface area contributed by atoms with Gasteiger partial charge in [0.05, 0.1) is 28.7 Å². The van der Waals surface area contributed by atoms with Crippen LogP contribution in [0.1, 0.15) is 24.2 Å². The van der Waals surface area contributed by atoms with Crippen molar-refractivity contribution in [1.82, 2.24) is 4.90 Å². The molecule has 40 heavy (non-hydrogen) atoms. The van der Waals surface area contributed by atoms with Crippen LogP contribution in [0.25, 0.3) is 0 Å². The van der Waals surface area contributed by atoms with Crippen LogP contribution in [0.15, 0.2) is 88.7 Å². The fourth-order valence-electron chi connectivity index (χ4n) is 4.66. The number of carbonyl (C=O) groups is 2. The van der Waals surface area contributed by atoms with Crippen LogP contribution in [0, 0.1) is 0 Å². The summed E-state index contributed by atoms with van der Waals surface area (Å²) in [5, 5.41) is -0.496. The highest BCUT2D eigenvalue weighted by Gasteiger charge is 2.41. The van der Waals surface area contributed by atoms with Crippen LogP contribution in [0.3, 0.4) is 0 Å². The third kappa shape index (κ3) is 6.86. The standard InChI is InChI=1S/C30H34N2O6S2/c1-21(33)38-28-29(22-14-16-24(37-4)17-15-22)39-27-13-9-8-12-26(27)32(30(28)34)20-23(31(2)3)18-19-40(35,36)25-10-6-5-7-11-25/h5-17,23,28-29H,18-20H2,1-4H3. The van der Waals surface area contributed by atoms with Gasteiger partial charge in [0, 0.05) is 24.4 Å². The zero-order valence-electron chi connectivity index (χ0n) is 23.0. The van der Waals surface area contributed by atoms with Crippen LogP contribution in [0.2, 0.25) is 0 Å². The number of esters is 1. The molecule has 1 aliphatic rings. The van der Waals surface area contributed by atoms with E-state index in [0.717, 1.165) is 10.5 Å². The number of hydrogen-bond acceptors (Lipinski definition) is 8. The number of methoxy groups -OCH3 is 1. The summed E-state index contributed by atoms with van der Waals surface area (Å²) >= 11 is 1.46. The first kappa shape index (κ1) is 29.6. The zero-order valence-corrected chi connectivity index (χ0v) is 24.7. The maximum absolute atomic E-state index is 14.2. The number of hydrogen-bond donors (Lipinski definition) is 0. The lowest BCUT2D eigenvalue weighted by Crippen LogP contribution is -2.49. The monoisotopic (exact) mass is 582 g/mol. The van der Waals surface area contributed by atoms with Crippen LogP contribution in [-0.2, 0) is 24.2 Å². The molecule has 1 heterocycles. The molecule has 1 amide bonds. The summed E-state index contributed by atoms with van der Waals surface area (Å²) in [5.74, 6) is -0.299. The van der Waals surface area contributed by atoms with E-state index in [1.807, 2.05) is 67.5 Å². The molecule has 0 bridgehead atoms. The van der Waals surface area contributed by atoms with Gasteiger partial charge in [-0.1, -0.05) is 42.5 Å². The number of nitrogens with zero attached hydrogens (tertiary/aromatic N) is 2. The topological polar surface area (TPSA) is 93.2 Å². The van der Waals surface area contributed by atoms with E-state index in [9.17, 15) is 18.0 Å². The van der Waals surface area contributed by atoms with E-state index in [-0.39, 0.29) is 29.1 Å². The summed E-state index contributed by atoms with van der Waals surface area (Å²) in [4.78, 5) is 31.1. The highest BCUT2D eigenvalue weighted by Crippen LogP contribution is 2.47. The van der Waals surface area contributed by atoms with Gasteiger partial charge >= 0.3 is 5.97 Å². The fourth-order valence-corrected chi connectivity index (χ4v) is 7.36. The number of amides is 1. The molecular formula is C30H34N2O6S2. The smallest absolute Gasteiger partial charge is 0.303 e. The van der Waals surface area contributed by atoms with E-state index in [1.165, 1.54) is 18.7 Å². The first-order chi connectivity index (χ1) is 19.1. The Balaban J connectivity index is 1.67. The van der Waals surface area contributed by atoms with Crippen molar-refractivity contribution in [2.45, 2.75) is 40.5 Å². The lowest BCUT2D eigenvalue weighted by atomic mass is 10.0. The number of ether oxygens (including phenoxy) is 2. The number of benzene rings is 3. The normalized spacial score (nSPS) is 18.1. The van der Waals surface area contributed by atoms with Gasteiger partial charge in [-0.2, -0.15) is 0 Å². The Morgan fingerprint density at radius 2 is 1.65 bits per heavy atom. The van der Waals surface area contributed by atoms with Gasteiger partial charge in [0.15, 0.2) is 15.9 Å². The highest BCUT2D eigenvalue weighted by molar-refractivity contribution is 7.99. The van der Waals surface area contributed by atoms with Crippen LogP contribution in [0.4, 0.5) is 5.69 Å². The predicted octanol–water partition coefficient (Wildman–Crippen LogP) is 4.60. The molecule has 3 aromatic carbocycles. The van der Waals surface area contributed by atoms with E-state index >= 15 is 0 Å². The number of thioether (sulfide) groups is 1. The van der Waals surface area contributed by atoms with Crippen LogP contribution in [0.5, 0.6) is 5.75 Å². The molecule has 1 aliphatic heterocycles. The zero-order chi connectivity index (χ0) is 28.9. The summed E-state index contributed by atoms with van der Waals surface area (Å²) in [6.45, 7) is 1.52. The van der Waals surface area contributed by atoms with Gasteiger partial charge in [-0.3, -0.25) is 9.59 Å². The van der Waals surface area contributed by atoms with Gasteiger partial charge < -0.3 is 19.3 Å². The minimum absolute atomic E-state index is 0.0693. The fraction of sp³-hybridized carbons (Fsp3) is 0.333. The molecule has 0 aromatic heterocycles. The van der Waals surface area contributed by atoms with E-state index in [2.05, 4.69) is 0 Å². The summed E-state index contributed by atoms with van der Waals surface area (Å²) in [6, 6.07) is 23.0. The molecule has 0 fully saturated rings. The maximum atomic E-state index is 14.2. The Hall–Kier alpha value is -3.34. The van der Waals surface area contributed by atoms with Gasteiger partial charge in [0.2, 0.25) is 0 Å². The van der Waals surface area contributed by atoms with E-state index in [4.69, 9.17) is 9.47 Å². The SMILES string of the molecule is COc1ccc(C2Sc3ccccc3N(CC(CCS(=O)(=O)c3ccccc3)N(C)C)C(=O)C2OC(C)=O)cc1. The molecule has 0 radical (unpaired) electrons. The van der Waals surface area contributed by atoms with Crippen LogP contribution in [-0.4, -0.2) is 70.8 Å². The van der Waals surface area contributed by atoms with Gasteiger partial charge in [0.25, 0.3) is 5.91 Å². The Bertz CT molecular complexity index is 1430. The summed E-state index contributed by atoms with van der Waals surface area (Å²) in [7, 11) is 1.82. The molecule has 8 nitrogen and oxygen atoms in total. The minimum atomic E-state index is -3.50. The van der Waals surface area contributed by atoms with Crippen molar-refractivity contribution in [1.29, 1.82) is 0 Å². The number of carbonyl (C=O) groups excluding carboxylic acids is 2. The quantitative estimate of drug-likeness (QED) is 0.320. The number of rotatable bonds is 10. The van der Waals surface area contributed by atoms with Crippen molar-refractivity contribution in [2.75, 3.05) is 38.4 Å². The first-order valence-corrected chi connectivity index (χ1v) is 15.5. The van der Waals surface area contributed by atoms with Crippen molar-refractivity contribution in [2.24, 2.45) is 0 Å². The summed E-state index contributed by atoms with van der Waals surface area (Å²) < 4.78 is 37.0. The molecule has 0 spiro atoms. The molecule has 0 aliphatic carbocycles. The molecular weight excluding hydrogens is 548 g/mol. The molecule has 4 rings (SSSR count). The highest BCUT2D eigenvalue weighted by atomic mass is 32.2. The molecule has 0 N–H and O–H groups in total. The third-order valence-corrected chi connectivity index (χ3v) is 10.0. The maximum Gasteiger partial charge on any atom is 0.303 e. The second kappa shape index (κ2) is 12.9. The van der Waals surface area contributed by atoms with Crippen molar-refractivity contribution >= 4 is 39.2 Å². The third-order valence-electron chi connectivity index (χ3n) is 6.88. The minimum Gasteiger partial charge on any atom is -0.497 e. The molecule has 0 saturated carbocycles. The number of para-hydroxylation sites is 1. The van der Waals surface area contributed by atoms with Crippen LogP contribution >= 0.6 is 11.8 Å². The molecule has 3 unspecified atom stereocenters. The van der Waals surface area contributed by atoms with Gasteiger partial charge in [0.1, 0.15) is 5.75 Å². The number of fused-ring (bicyclic) bond motifs is 1. The predicted molar refractivity (Wildman–Crippen MR) is 157 cm³/mol. The average Bonchev–Trinajstić information content (AvgIpc) is 3.05. The second-order valence-corrected chi connectivity index (χ2v) is 13.1. The first-order valence-electron chi connectivity index (χ1n) is 12.9. The van der Waals surface area contributed by atoms with E-state index in [1.54, 1.807) is 42.3 Å². The summed E-state index contributed by atoms with van der Waals surface area (Å²) in [5.41, 5.74) is 1.52. The van der Waals surface area contributed by atoms with E-state index < -0.39 is 27.2 Å².